The Labute approximate surface area is 148 Å². The van der Waals surface area contributed by atoms with Crippen LogP contribution < -0.4 is 16.6 Å². The number of aromatic nitrogens is 2. The summed E-state index contributed by atoms with van der Waals surface area (Å²) in [6.07, 6.45) is 1.18. The Morgan fingerprint density at radius 2 is 2.12 bits per heavy atom. The summed E-state index contributed by atoms with van der Waals surface area (Å²) in [5, 5.41) is 4.61. The summed E-state index contributed by atoms with van der Waals surface area (Å²) >= 11 is 1.45. The summed E-state index contributed by atoms with van der Waals surface area (Å²) in [6.45, 7) is 4.35. The molecule has 1 aliphatic heterocycles. The molecule has 2 N–H and O–H groups in total. The van der Waals surface area contributed by atoms with Gasteiger partial charge in [-0.3, -0.25) is 19.1 Å². The standard InChI is InChI=1S/C16H20N4O4S/c21-14(17-3-4-19-5-7-24-8-6-19)13-10-18-16(23)20(15(13)22)11-12-2-1-9-25-12/h1-2,9-10H,3-8,11H2,(H,17,21)(H,18,23). The first-order valence-electron chi connectivity index (χ1n) is 8.08. The van der Waals surface area contributed by atoms with Crippen molar-refractivity contribution in [2.24, 2.45) is 0 Å². The summed E-state index contributed by atoms with van der Waals surface area (Å²) < 4.78 is 6.32. The number of ether oxygens (including phenoxy) is 1. The third-order valence-corrected chi connectivity index (χ3v) is 4.88. The normalized spacial score (nSPS) is 15.2. The van der Waals surface area contributed by atoms with Gasteiger partial charge in [-0.2, -0.15) is 0 Å². The molecule has 2 aromatic rings. The lowest BCUT2D eigenvalue weighted by Gasteiger charge is -2.26. The van der Waals surface area contributed by atoms with E-state index in [1.165, 1.54) is 17.5 Å². The minimum absolute atomic E-state index is 0.0573. The van der Waals surface area contributed by atoms with E-state index in [9.17, 15) is 14.4 Å². The Morgan fingerprint density at radius 1 is 1.32 bits per heavy atom. The maximum absolute atomic E-state index is 12.5. The summed E-state index contributed by atoms with van der Waals surface area (Å²) in [6, 6.07) is 3.69. The van der Waals surface area contributed by atoms with Crippen LogP contribution in [-0.4, -0.2) is 59.8 Å². The summed E-state index contributed by atoms with van der Waals surface area (Å²) in [5.74, 6) is -0.477. The molecule has 8 nitrogen and oxygen atoms in total. The molecule has 0 aromatic carbocycles. The van der Waals surface area contributed by atoms with Crippen LogP contribution in [0.1, 0.15) is 15.2 Å². The number of H-pyrrole nitrogens is 1. The van der Waals surface area contributed by atoms with E-state index in [0.717, 1.165) is 22.5 Å². The number of carbonyl (C=O) groups excluding carboxylic acids is 1. The van der Waals surface area contributed by atoms with Gasteiger partial charge in [0.05, 0.1) is 19.8 Å². The van der Waals surface area contributed by atoms with Gasteiger partial charge in [-0.15, -0.1) is 11.3 Å². The molecule has 0 saturated carbocycles. The van der Waals surface area contributed by atoms with Gasteiger partial charge in [-0.1, -0.05) is 6.07 Å². The SMILES string of the molecule is O=C(NCCN1CCOCC1)c1c[nH]c(=O)n(Cc2cccs2)c1=O. The molecule has 1 amide bonds. The highest BCUT2D eigenvalue weighted by Gasteiger charge is 2.16. The highest BCUT2D eigenvalue weighted by molar-refractivity contribution is 7.09. The van der Waals surface area contributed by atoms with Crippen molar-refractivity contribution in [1.29, 1.82) is 0 Å². The highest BCUT2D eigenvalue weighted by Crippen LogP contribution is 2.08. The monoisotopic (exact) mass is 364 g/mol. The number of rotatable bonds is 6. The largest absolute Gasteiger partial charge is 0.379 e. The van der Waals surface area contributed by atoms with E-state index in [1.807, 2.05) is 17.5 Å². The molecule has 3 heterocycles. The molecule has 1 aliphatic rings. The number of aromatic amines is 1. The minimum Gasteiger partial charge on any atom is -0.379 e. The van der Waals surface area contributed by atoms with Gasteiger partial charge in [0, 0.05) is 37.3 Å². The van der Waals surface area contributed by atoms with Gasteiger partial charge < -0.3 is 15.0 Å². The second kappa shape index (κ2) is 8.24. The molecule has 1 saturated heterocycles. The van der Waals surface area contributed by atoms with E-state index >= 15 is 0 Å². The fourth-order valence-corrected chi connectivity index (χ4v) is 3.32. The van der Waals surface area contributed by atoms with Gasteiger partial charge in [0.1, 0.15) is 5.56 Å². The molecule has 3 rings (SSSR count). The number of thiophene rings is 1. The van der Waals surface area contributed by atoms with Crippen molar-refractivity contribution < 1.29 is 9.53 Å². The van der Waals surface area contributed by atoms with E-state index < -0.39 is 17.2 Å². The minimum atomic E-state index is -0.582. The summed E-state index contributed by atoms with van der Waals surface area (Å²) in [7, 11) is 0. The molecule has 1 fully saturated rings. The van der Waals surface area contributed by atoms with Crippen molar-refractivity contribution in [2.45, 2.75) is 6.54 Å². The fraction of sp³-hybridized carbons (Fsp3) is 0.438. The third kappa shape index (κ3) is 4.44. The fourth-order valence-electron chi connectivity index (χ4n) is 2.62. The number of amides is 1. The molecule has 9 heteroatoms. The molecular weight excluding hydrogens is 344 g/mol. The topological polar surface area (TPSA) is 96.4 Å². The Morgan fingerprint density at radius 3 is 2.84 bits per heavy atom. The van der Waals surface area contributed by atoms with Crippen LogP contribution in [0.2, 0.25) is 0 Å². The smallest absolute Gasteiger partial charge is 0.328 e. The van der Waals surface area contributed by atoms with E-state index in [-0.39, 0.29) is 12.1 Å². The van der Waals surface area contributed by atoms with E-state index in [2.05, 4.69) is 15.2 Å². The second-order valence-electron chi connectivity index (χ2n) is 5.69. The molecule has 134 valence electrons. The zero-order chi connectivity index (χ0) is 17.6. The zero-order valence-electron chi connectivity index (χ0n) is 13.7. The zero-order valence-corrected chi connectivity index (χ0v) is 14.5. The molecule has 0 bridgehead atoms. The molecule has 25 heavy (non-hydrogen) atoms. The first-order chi connectivity index (χ1) is 12.1. The first kappa shape index (κ1) is 17.6. The quantitative estimate of drug-likeness (QED) is 0.734. The number of morpholine rings is 1. The average molecular weight is 364 g/mol. The van der Waals surface area contributed by atoms with Crippen LogP contribution in [0.4, 0.5) is 0 Å². The summed E-state index contributed by atoms with van der Waals surface area (Å²) in [4.78, 5) is 42.2. The van der Waals surface area contributed by atoms with Crippen molar-refractivity contribution in [3.63, 3.8) is 0 Å². The highest BCUT2D eigenvalue weighted by atomic mass is 32.1. The van der Waals surface area contributed by atoms with Crippen LogP contribution in [0.15, 0.2) is 33.3 Å². The average Bonchev–Trinajstić information content (AvgIpc) is 3.12. The lowest BCUT2D eigenvalue weighted by molar-refractivity contribution is 0.0383. The van der Waals surface area contributed by atoms with Crippen molar-refractivity contribution in [2.75, 3.05) is 39.4 Å². The predicted octanol–water partition coefficient (Wildman–Crippen LogP) is -0.292. The van der Waals surface area contributed by atoms with Crippen molar-refractivity contribution in [1.82, 2.24) is 19.8 Å². The van der Waals surface area contributed by atoms with Crippen LogP contribution in [0.3, 0.4) is 0 Å². The van der Waals surface area contributed by atoms with Crippen LogP contribution in [0, 0.1) is 0 Å². The number of nitrogens with zero attached hydrogens (tertiary/aromatic N) is 2. The lowest BCUT2D eigenvalue weighted by atomic mass is 10.3. The molecule has 0 aliphatic carbocycles. The van der Waals surface area contributed by atoms with Crippen molar-refractivity contribution in [3.8, 4) is 0 Å². The predicted molar refractivity (Wildman–Crippen MR) is 94.3 cm³/mol. The summed E-state index contributed by atoms with van der Waals surface area (Å²) in [5.41, 5.74) is -1.16. The molecule has 0 radical (unpaired) electrons. The van der Waals surface area contributed by atoms with Gasteiger partial charge in [0.25, 0.3) is 11.5 Å². The Bertz CT molecular complexity index is 821. The second-order valence-corrected chi connectivity index (χ2v) is 6.72. The van der Waals surface area contributed by atoms with E-state index in [1.54, 1.807) is 0 Å². The lowest BCUT2D eigenvalue weighted by Crippen LogP contribution is -2.43. The van der Waals surface area contributed by atoms with Crippen LogP contribution in [0.5, 0.6) is 0 Å². The number of carbonyl (C=O) groups is 1. The Kier molecular flexibility index (Phi) is 5.79. The Hall–Kier alpha value is -2.23. The Balaban J connectivity index is 1.65. The molecule has 0 atom stereocenters. The van der Waals surface area contributed by atoms with E-state index in [0.29, 0.717) is 26.3 Å². The van der Waals surface area contributed by atoms with Gasteiger partial charge in [0.2, 0.25) is 0 Å². The maximum Gasteiger partial charge on any atom is 0.328 e. The number of nitrogens with one attached hydrogen (secondary N) is 2. The van der Waals surface area contributed by atoms with Crippen LogP contribution >= 0.6 is 11.3 Å². The molecule has 0 unspecified atom stereocenters. The molecular formula is C16H20N4O4S. The third-order valence-electron chi connectivity index (χ3n) is 4.02. The van der Waals surface area contributed by atoms with Gasteiger partial charge in [-0.25, -0.2) is 4.79 Å². The van der Waals surface area contributed by atoms with Crippen molar-refractivity contribution in [3.05, 3.63) is 55.0 Å². The van der Waals surface area contributed by atoms with Crippen molar-refractivity contribution >= 4 is 17.2 Å². The molecule has 0 spiro atoms. The van der Waals surface area contributed by atoms with E-state index in [4.69, 9.17) is 4.74 Å². The van der Waals surface area contributed by atoms with Crippen LogP contribution in [0.25, 0.3) is 0 Å². The number of hydrogen-bond donors (Lipinski definition) is 2. The van der Waals surface area contributed by atoms with Crippen LogP contribution in [-0.2, 0) is 11.3 Å². The van der Waals surface area contributed by atoms with Gasteiger partial charge in [0.15, 0.2) is 0 Å². The van der Waals surface area contributed by atoms with Gasteiger partial charge >= 0.3 is 5.69 Å². The first-order valence-corrected chi connectivity index (χ1v) is 8.96. The maximum atomic E-state index is 12.5. The van der Waals surface area contributed by atoms with Gasteiger partial charge in [-0.05, 0) is 11.4 Å². The molecule has 2 aromatic heterocycles. The number of hydrogen-bond acceptors (Lipinski definition) is 6.